The predicted molar refractivity (Wildman–Crippen MR) is 273 cm³/mol. The largest absolute Gasteiger partial charge is 0.309 e. The highest BCUT2D eigenvalue weighted by Gasteiger charge is 2.25. The second kappa shape index (κ2) is 16.2. The van der Waals surface area contributed by atoms with Crippen molar-refractivity contribution >= 4 is 60.4 Å². The minimum absolute atomic E-state index is 0.571. The fourth-order valence-electron chi connectivity index (χ4n) is 10.8. The number of para-hydroxylation sites is 5. The Morgan fingerprint density at radius 3 is 1.77 bits per heavy atom. The van der Waals surface area contributed by atoms with Gasteiger partial charge in [0.05, 0.1) is 22.4 Å². The van der Waals surface area contributed by atoms with Crippen LogP contribution < -0.4 is 4.90 Å². The standard InChI is InChI=1S/C62H48N2/c1-3-19-45(20-4-1)51-29-15-22-46-23-16-30-55(61(46)51)52-26-9-12-33-58(52)63(50-40-38-44(39-41-50)48-37-36-43-18-7-8-21-47(43)42-48)59-34-13-10-27-53(59)56-31-17-32-57-54-28-11-14-35-60(54)64(62(56)57)49-24-5-2-6-25-49/h2,5-18,21-42,45H,1,3-4,19-20H2. The van der Waals surface area contributed by atoms with Crippen LogP contribution in [0.1, 0.15) is 43.6 Å². The van der Waals surface area contributed by atoms with Gasteiger partial charge < -0.3 is 9.47 Å². The van der Waals surface area contributed by atoms with Gasteiger partial charge >= 0.3 is 0 Å². The fourth-order valence-corrected chi connectivity index (χ4v) is 10.8. The van der Waals surface area contributed by atoms with Crippen LogP contribution in [0.3, 0.4) is 0 Å². The lowest BCUT2D eigenvalue weighted by Crippen LogP contribution is -2.13. The van der Waals surface area contributed by atoms with Crippen LogP contribution in [0.2, 0.25) is 0 Å². The van der Waals surface area contributed by atoms with Crippen molar-refractivity contribution in [2.75, 3.05) is 4.90 Å². The lowest BCUT2D eigenvalue weighted by atomic mass is 9.80. The number of nitrogens with zero attached hydrogens (tertiary/aromatic N) is 2. The molecule has 1 saturated carbocycles. The highest BCUT2D eigenvalue weighted by atomic mass is 15.1. The quantitative estimate of drug-likeness (QED) is 0.148. The summed E-state index contributed by atoms with van der Waals surface area (Å²) in [6.07, 6.45) is 6.45. The minimum atomic E-state index is 0.571. The van der Waals surface area contributed by atoms with Crippen molar-refractivity contribution in [2.45, 2.75) is 38.0 Å². The number of hydrogen-bond acceptors (Lipinski definition) is 1. The molecule has 0 atom stereocenters. The number of rotatable bonds is 8. The Balaban J connectivity index is 1.10. The molecular formula is C62H48N2. The number of fused-ring (bicyclic) bond motifs is 5. The lowest BCUT2D eigenvalue weighted by Gasteiger charge is -2.31. The molecule has 306 valence electrons. The maximum Gasteiger partial charge on any atom is 0.0620 e. The van der Waals surface area contributed by atoms with Crippen LogP contribution in [0.5, 0.6) is 0 Å². The van der Waals surface area contributed by atoms with Crippen molar-refractivity contribution in [1.82, 2.24) is 4.57 Å². The van der Waals surface area contributed by atoms with Gasteiger partial charge in [-0.25, -0.2) is 0 Å². The monoisotopic (exact) mass is 820 g/mol. The molecule has 1 fully saturated rings. The SMILES string of the molecule is c1ccc(-n2c3ccccc3c3cccc(-c4ccccc4N(c4ccc(-c5ccc6ccccc6c5)cc4)c4ccccc4-c4cccc5cccc(C6CCCCC6)c45)c32)cc1. The molecule has 10 aromatic carbocycles. The summed E-state index contributed by atoms with van der Waals surface area (Å²) in [6, 6.07) is 83.1. The molecule has 0 radical (unpaired) electrons. The van der Waals surface area contributed by atoms with E-state index in [1.165, 1.54) is 114 Å². The Kier molecular flexibility index (Phi) is 9.64. The summed E-state index contributed by atoms with van der Waals surface area (Å²) in [4.78, 5) is 2.52. The van der Waals surface area contributed by atoms with Crippen molar-refractivity contribution in [3.05, 3.63) is 230 Å². The lowest BCUT2D eigenvalue weighted by molar-refractivity contribution is 0.445. The summed E-state index contributed by atoms with van der Waals surface area (Å²) in [7, 11) is 0. The average Bonchev–Trinajstić information content (AvgIpc) is 3.72. The molecule has 1 heterocycles. The van der Waals surface area contributed by atoms with Gasteiger partial charge in [-0.3, -0.25) is 0 Å². The third-order valence-corrected chi connectivity index (χ3v) is 13.8. The molecule has 1 aliphatic rings. The zero-order valence-electron chi connectivity index (χ0n) is 35.9. The molecule has 0 N–H and O–H groups in total. The molecule has 2 nitrogen and oxygen atoms in total. The van der Waals surface area contributed by atoms with Crippen LogP contribution in [-0.2, 0) is 0 Å². The van der Waals surface area contributed by atoms with Crippen molar-refractivity contribution in [3.8, 4) is 39.1 Å². The van der Waals surface area contributed by atoms with Gasteiger partial charge in [0.1, 0.15) is 0 Å². The molecule has 11 aromatic rings. The van der Waals surface area contributed by atoms with E-state index in [9.17, 15) is 0 Å². The normalized spacial score (nSPS) is 13.2. The highest BCUT2D eigenvalue weighted by molar-refractivity contribution is 6.15. The van der Waals surface area contributed by atoms with Gasteiger partial charge in [0.15, 0.2) is 0 Å². The van der Waals surface area contributed by atoms with E-state index in [0.717, 1.165) is 22.7 Å². The molecule has 0 aliphatic heterocycles. The van der Waals surface area contributed by atoms with Gasteiger partial charge in [0.2, 0.25) is 0 Å². The summed E-state index contributed by atoms with van der Waals surface area (Å²) < 4.78 is 2.45. The Morgan fingerprint density at radius 2 is 0.969 bits per heavy atom. The van der Waals surface area contributed by atoms with E-state index in [1.54, 1.807) is 0 Å². The van der Waals surface area contributed by atoms with Gasteiger partial charge in [-0.15, -0.1) is 0 Å². The van der Waals surface area contributed by atoms with Crippen LogP contribution in [-0.4, -0.2) is 4.57 Å². The first-order valence-electron chi connectivity index (χ1n) is 23.0. The van der Waals surface area contributed by atoms with Crippen LogP contribution in [0, 0.1) is 0 Å². The van der Waals surface area contributed by atoms with E-state index in [-0.39, 0.29) is 0 Å². The second-order valence-corrected chi connectivity index (χ2v) is 17.5. The number of hydrogen-bond donors (Lipinski definition) is 0. The molecule has 0 saturated heterocycles. The van der Waals surface area contributed by atoms with Crippen molar-refractivity contribution < 1.29 is 0 Å². The Labute approximate surface area is 375 Å². The number of aromatic nitrogens is 1. The third-order valence-electron chi connectivity index (χ3n) is 13.8. The van der Waals surface area contributed by atoms with Gasteiger partial charge in [0, 0.05) is 38.8 Å². The Morgan fingerprint density at radius 1 is 0.391 bits per heavy atom. The minimum Gasteiger partial charge on any atom is -0.309 e. The van der Waals surface area contributed by atoms with E-state index in [2.05, 4.69) is 234 Å². The third kappa shape index (κ3) is 6.57. The summed E-state index contributed by atoms with van der Waals surface area (Å²) in [5.41, 5.74) is 15.7. The van der Waals surface area contributed by atoms with Crippen molar-refractivity contribution in [1.29, 1.82) is 0 Å². The molecule has 0 amide bonds. The molecule has 64 heavy (non-hydrogen) atoms. The number of benzene rings is 10. The maximum absolute atomic E-state index is 2.52. The molecule has 1 aromatic heterocycles. The smallest absolute Gasteiger partial charge is 0.0620 e. The van der Waals surface area contributed by atoms with E-state index in [0.29, 0.717) is 5.92 Å². The Hall–Kier alpha value is -7.68. The van der Waals surface area contributed by atoms with Crippen molar-refractivity contribution in [2.24, 2.45) is 0 Å². The van der Waals surface area contributed by atoms with Gasteiger partial charge in [0.25, 0.3) is 0 Å². The van der Waals surface area contributed by atoms with Gasteiger partial charge in [-0.05, 0) is 111 Å². The van der Waals surface area contributed by atoms with E-state index in [1.807, 2.05) is 0 Å². The highest BCUT2D eigenvalue weighted by Crippen LogP contribution is 2.49. The number of anilines is 3. The van der Waals surface area contributed by atoms with E-state index >= 15 is 0 Å². The van der Waals surface area contributed by atoms with Crippen molar-refractivity contribution in [3.63, 3.8) is 0 Å². The zero-order valence-corrected chi connectivity index (χ0v) is 35.9. The van der Waals surface area contributed by atoms with Crippen LogP contribution in [0.25, 0.3) is 82.4 Å². The van der Waals surface area contributed by atoms with E-state index in [4.69, 9.17) is 0 Å². The summed E-state index contributed by atoms with van der Waals surface area (Å²) in [6.45, 7) is 0. The summed E-state index contributed by atoms with van der Waals surface area (Å²) in [5.74, 6) is 0.571. The van der Waals surface area contributed by atoms with E-state index < -0.39 is 0 Å². The average molecular weight is 821 g/mol. The predicted octanol–water partition coefficient (Wildman–Crippen LogP) is 17.6. The molecule has 0 spiro atoms. The molecule has 1 aliphatic carbocycles. The Bertz CT molecular complexity index is 3470. The maximum atomic E-state index is 2.52. The fraction of sp³-hybridized carbons (Fsp3) is 0.0968. The van der Waals surface area contributed by atoms with Crippen LogP contribution in [0.15, 0.2) is 224 Å². The molecule has 2 heteroatoms. The van der Waals surface area contributed by atoms with Gasteiger partial charge in [-0.2, -0.15) is 0 Å². The summed E-state index contributed by atoms with van der Waals surface area (Å²) >= 11 is 0. The topological polar surface area (TPSA) is 8.17 Å². The molecular weight excluding hydrogens is 773 g/mol. The van der Waals surface area contributed by atoms with Crippen LogP contribution in [0.4, 0.5) is 17.1 Å². The zero-order chi connectivity index (χ0) is 42.4. The van der Waals surface area contributed by atoms with Crippen LogP contribution >= 0.6 is 0 Å². The first-order valence-corrected chi connectivity index (χ1v) is 23.0. The summed E-state index contributed by atoms with van der Waals surface area (Å²) in [5, 5.41) is 7.69. The molecule has 0 unspecified atom stereocenters. The first kappa shape index (κ1) is 38.0. The second-order valence-electron chi connectivity index (χ2n) is 17.5. The first-order chi connectivity index (χ1) is 31.8. The van der Waals surface area contributed by atoms with Gasteiger partial charge in [-0.1, -0.05) is 195 Å². The molecule has 12 rings (SSSR count). The molecule has 0 bridgehead atoms.